The lowest BCUT2D eigenvalue weighted by Gasteiger charge is -2.07. The number of hydrogen-bond acceptors (Lipinski definition) is 7. The van der Waals surface area contributed by atoms with Crippen LogP contribution in [-0.4, -0.2) is 24.7 Å². The number of hydrogen-bond donors (Lipinski definition) is 2. The predicted octanol–water partition coefficient (Wildman–Crippen LogP) is 1.90. The Hall–Kier alpha value is -2.52. The summed E-state index contributed by atoms with van der Waals surface area (Å²) in [6, 6.07) is 9.16. The van der Waals surface area contributed by atoms with Gasteiger partial charge < -0.3 is 4.74 Å². The number of anilines is 1. The first-order chi connectivity index (χ1) is 10.2. The third kappa shape index (κ3) is 3.15. The first kappa shape index (κ1) is 13.5. The number of nitrogens with two attached hydrogens (primary N) is 1. The molecule has 3 N–H and O–H groups in total. The number of nitrogens with one attached hydrogen (secondary N) is 1. The van der Waals surface area contributed by atoms with Gasteiger partial charge in [0.1, 0.15) is 5.75 Å². The van der Waals surface area contributed by atoms with Crippen molar-refractivity contribution in [3.63, 3.8) is 0 Å². The van der Waals surface area contributed by atoms with E-state index in [4.69, 9.17) is 10.6 Å². The predicted molar refractivity (Wildman–Crippen MR) is 79.0 cm³/mol. The Labute approximate surface area is 128 Å². The molecule has 1 aromatic carbocycles. The van der Waals surface area contributed by atoms with E-state index in [0.717, 1.165) is 4.47 Å². The SMILES string of the molecule is NNc1nc(Oc2ccc(Br)cc2)nc(-n2cccn2)n1. The fraction of sp³-hybridized carbons (Fsp3) is 0. The first-order valence-corrected chi connectivity index (χ1v) is 6.70. The normalized spacial score (nSPS) is 10.4. The molecule has 3 rings (SSSR count). The zero-order chi connectivity index (χ0) is 14.7. The van der Waals surface area contributed by atoms with Gasteiger partial charge in [-0.15, -0.1) is 0 Å². The van der Waals surface area contributed by atoms with E-state index in [2.05, 4.69) is 41.4 Å². The maximum atomic E-state index is 5.59. The van der Waals surface area contributed by atoms with Crippen LogP contribution >= 0.6 is 15.9 Å². The van der Waals surface area contributed by atoms with Gasteiger partial charge in [-0.1, -0.05) is 15.9 Å². The topological polar surface area (TPSA) is 104 Å². The molecule has 0 fully saturated rings. The maximum Gasteiger partial charge on any atom is 0.328 e. The Bertz CT molecular complexity index is 730. The quantitative estimate of drug-likeness (QED) is 0.548. The molecule has 0 unspecified atom stereocenters. The van der Waals surface area contributed by atoms with Gasteiger partial charge in [-0.3, -0.25) is 5.43 Å². The van der Waals surface area contributed by atoms with Crippen molar-refractivity contribution in [2.24, 2.45) is 5.84 Å². The van der Waals surface area contributed by atoms with Gasteiger partial charge in [-0.05, 0) is 30.3 Å². The molecule has 0 aliphatic rings. The second kappa shape index (κ2) is 5.85. The van der Waals surface area contributed by atoms with Crippen LogP contribution in [0.5, 0.6) is 11.8 Å². The van der Waals surface area contributed by atoms with E-state index < -0.39 is 0 Å². The minimum atomic E-state index is 0.116. The fourth-order valence-corrected chi connectivity index (χ4v) is 1.82. The van der Waals surface area contributed by atoms with Gasteiger partial charge in [0, 0.05) is 16.9 Å². The van der Waals surface area contributed by atoms with Crippen LogP contribution in [0.2, 0.25) is 0 Å². The molecule has 9 heteroatoms. The Morgan fingerprint density at radius 2 is 1.95 bits per heavy atom. The highest BCUT2D eigenvalue weighted by molar-refractivity contribution is 9.10. The average Bonchev–Trinajstić information content (AvgIpc) is 3.04. The molecule has 21 heavy (non-hydrogen) atoms. The molecule has 0 aliphatic carbocycles. The molecule has 0 aliphatic heterocycles. The summed E-state index contributed by atoms with van der Waals surface area (Å²) in [5.74, 6) is 6.44. The van der Waals surface area contributed by atoms with Crippen LogP contribution in [0.3, 0.4) is 0 Å². The Balaban J connectivity index is 1.94. The highest BCUT2D eigenvalue weighted by Crippen LogP contribution is 2.21. The molecule has 0 bridgehead atoms. The standard InChI is InChI=1S/C12H10BrN7O/c13-8-2-4-9(5-3-8)21-12-17-10(19-14)16-11(18-12)20-7-1-6-15-20/h1-7H,14H2,(H,16,17,18,19). The van der Waals surface area contributed by atoms with E-state index in [9.17, 15) is 0 Å². The van der Waals surface area contributed by atoms with Crippen molar-refractivity contribution in [3.05, 3.63) is 47.2 Å². The largest absolute Gasteiger partial charge is 0.424 e. The molecule has 2 heterocycles. The van der Waals surface area contributed by atoms with Crippen LogP contribution in [0, 0.1) is 0 Å². The number of nitrogens with zero attached hydrogens (tertiary/aromatic N) is 5. The number of rotatable bonds is 4. The zero-order valence-corrected chi connectivity index (χ0v) is 12.2. The van der Waals surface area contributed by atoms with Crippen molar-refractivity contribution >= 4 is 21.9 Å². The summed E-state index contributed by atoms with van der Waals surface area (Å²) in [6.07, 6.45) is 3.33. The Morgan fingerprint density at radius 1 is 1.14 bits per heavy atom. The molecule has 0 spiro atoms. The summed E-state index contributed by atoms with van der Waals surface area (Å²) in [4.78, 5) is 12.3. The van der Waals surface area contributed by atoms with Gasteiger partial charge in [0.05, 0.1) is 0 Å². The third-order valence-corrected chi connectivity index (χ3v) is 2.99. The molecule has 3 aromatic rings. The number of ether oxygens (including phenoxy) is 1. The van der Waals surface area contributed by atoms with Gasteiger partial charge in [-0.25, -0.2) is 10.5 Å². The van der Waals surface area contributed by atoms with Crippen LogP contribution < -0.4 is 16.0 Å². The second-order valence-electron chi connectivity index (χ2n) is 3.89. The van der Waals surface area contributed by atoms with Gasteiger partial charge in [-0.2, -0.15) is 20.1 Å². The Kier molecular flexibility index (Phi) is 3.75. The molecular formula is C12H10BrN7O. The van der Waals surface area contributed by atoms with Gasteiger partial charge in [0.15, 0.2) is 0 Å². The highest BCUT2D eigenvalue weighted by Gasteiger charge is 2.09. The van der Waals surface area contributed by atoms with Gasteiger partial charge >= 0.3 is 6.01 Å². The van der Waals surface area contributed by atoms with Crippen molar-refractivity contribution in [3.8, 4) is 17.7 Å². The molecule has 0 radical (unpaired) electrons. The van der Waals surface area contributed by atoms with E-state index in [1.54, 1.807) is 30.6 Å². The fourth-order valence-electron chi connectivity index (χ4n) is 1.55. The molecule has 0 atom stereocenters. The molecule has 0 amide bonds. The third-order valence-electron chi connectivity index (χ3n) is 2.46. The first-order valence-electron chi connectivity index (χ1n) is 5.91. The number of halogens is 1. The molecular weight excluding hydrogens is 338 g/mol. The summed E-state index contributed by atoms with van der Waals surface area (Å²) in [5, 5.41) is 4.06. The van der Waals surface area contributed by atoms with Gasteiger partial charge in [0.25, 0.3) is 5.95 Å². The van der Waals surface area contributed by atoms with Gasteiger partial charge in [0.2, 0.25) is 5.95 Å². The van der Waals surface area contributed by atoms with E-state index in [1.165, 1.54) is 4.68 Å². The van der Waals surface area contributed by atoms with Crippen LogP contribution in [-0.2, 0) is 0 Å². The number of benzene rings is 1. The van der Waals surface area contributed by atoms with Crippen molar-refractivity contribution in [1.82, 2.24) is 24.7 Å². The van der Waals surface area contributed by atoms with Crippen LogP contribution in [0.25, 0.3) is 5.95 Å². The summed E-state index contributed by atoms with van der Waals surface area (Å²) in [5.41, 5.74) is 2.37. The zero-order valence-electron chi connectivity index (χ0n) is 10.6. The van der Waals surface area contributed by atoms with Crippen molar-refractivity contribution in [1.29, 1.82) is 0 Å². The molecule has 106 valence electrons. The lowest BCUT2D eigenvalue weighted by molar-refractivity contribution is 0.438. The van der Waals surface area contributed by atoms with Crippen molar-refractivity contribution in [2.75, 3.05) is 5.43 Å². The van der Waals surface area contributed by atoms with Crippen LogP contribution in [0.15, 0.2) is 47.2 Å². The monoisotopic (exact) mass is 347 g/mol. The molecule has 0 saturated carbocycles. The molecule has 2 aromatic heterocycles. The van der Waals surface area contributed by atoms with Crippen LogP contribution in [0.1, 0.15) is 0 Å². The molecule has 8 nitrogen and oxygen atoms in total. The number of nitrogen functional groups attached to an aromatic ring is 1. The van der Waals surface area contributed by atoms with Crippen molar-refractivity contribution < 1.29 is 4.74 Å². The highest BCUT2D eigenvalue weighted by atomic mass is 79.9. The minimum Gasteiger partial charge on any atom is -0.424 e. The van der Waals surface area contributed by atoms with E-state index in [0.29, 0.717) is 11.7 Å². The lowest BCUT2D eigenvalue weighted by atomic mass is 10.3. The summed E-state index contributed by atoms with van der Waals surface area (Å²) in [6.45, 7) is 0. The van der Waals surface area contributed by atoms with E-state index in [-0.39, 0.29) is 12.0 Å². The molecule has 0 saturated heterocycles. The van der Waals surface area contributed by atoms with Crippen LogP contribution in [0.4, 0.5) is 5.95 Å². The number of hydrazine groups is 1. The summed E-state index contributed by atoms with van der Waals surface area (Å²) < 4.78 is 8.03. The smallest absolute Gasteiger partial charge is 0.328 e. The average molecular weight is 348 g/mol. The lowest BCUT2D eigenvalue weighted by Crippen LogP contribution is -2.14. The summed E-state index contributed by atoms with van der Waals surface area (Å²) in [7, 11) is 0. The number of aromatic nitrogens is 5. The summed E-state index contributed by atoms with van der Waals surface area (Å²) >= 11 is 3.36. The minimum absolute atomic E-state index is 0.116. The maximum absolute atomic E-state index is 5.59. The Morgan fingerprint density at radius 3 is 2.62 bits per heavy atom. The second-order valence-corrected chi connectivity index (χ2v) is 4.81. The van der Waals surface area contributed by atoms with E-state index in [1.807, 2.05) is 12.1 Å². The van der Waals surface area contributed by atoms with Crippen molar-refractivity contribution in [2.45, 2.75) is 0 Å². The van der Waals surface area contributed by atoms with E-state index >= 15 is 0 Å².